The number of benzene rings is 1. The van der Waals surface area contributed by atoms with Crippen molar-refractivity contribution in [1.29, 1.82) is 0 Å². The molecule has 132 valence electrons. The van der Waals surface area contributed by atoms with Gasteiger partial charge in [-0.05, 0) is 25.1 Å². The molecule has 1 aromatic heterocycles. The van der Waals surface area contributed by atoms with Crippen LogP contribution < -0.4 is 27.8 Å². The number of amides is 1. The Balaban J connectivity index is 0.00000312. The maximum atomic E-state index is 11.8. The van der Waals surface area contributed by atoms with Crippen molar-refractivity contribution in [2.45, 2.75) is 13.5 Å². The molecule has 0 atom stereocenters. The van der Waals surface area contributed by atoms with Crippen molar-refractivity contribution in [3.63, 3.8) is 0 Å². The molecule has 2 N–H and O–H groups in total. The van der Waals surface area contributed by atoms with Crippen LogP contribution in [0.15, 0.2) is 59.0 Å². The summed E-state index contributed by atoms with van der Waals surface area (Å²) in [6, 6.07) is 10.7. The van der Waals surface area contributed by atoms with Crippen LogP contribution in [0.2, 0.25) is 10.0 Å². The molecule has 0 saturated carbocycles. The topological polar surface area (TPSA) is 69.7 Å². The third kappa shape index (κ3) is 7.51. The van der Waals surface area contributed by atoms with Gasteiger partial charge in [0, 0.05) is 12.1 Å². The summed E-state index contributed by atoms with van der Waals surface area (Å²) in [5.41, 5.74) is 6.50. The quantitative estimate of drug-likeness (QED) is 0.403. The number of pyridine rings is 1. The Bertz CT molecular complexity index is 766. The van der Waals surface area contributed by atoms with E-state index in [1.54, 1.807) is 42.1 Å². The normalized spacial score (nSPS) is 11.1. The lowest BCUT2D eigenvalue weighted by molar-refractivity contribution is -0.684. The first-order valence-corrected chi connectivity index (χ1v) is 7.81. The van der Waals surface area contributed by atoms with Crippen molar-refractivity contribution < 1.29 is 21.8 Å². The van der Waals surface area contributed by atoms with E-state index in [9.17, 15) is 4.79 Å². The van der Waals surface area contributed by atoms with E-state index in [2.05, 4.69) is 21.1 Å². The zero-order valence-corrected chi connectivity index (χ0v) is 15.6. The summed E-state index contributed by atoms with van der Waals surface area (Å²) < 4.78 is 1.75. The Kier molecular flexibility index (Phi) is 8.91. The second kappa shape index (κ2) is 10.7. The molecule has 1 aromatic carbocycles. The van der Waals surface area contributed by atoms with E-state index >= 15 is 0 Å². The third-order valence-corrected chi connectivity index (χ3v) is 3.56. The van der Waals surface area contributed by atoms with E-state index in [0.29, 0.717) is 21.4 Å². The predicted molar refractivity (Wildman–Crippen MR) is 96.5 cm³/mol. The van der Waals surface area contributed by atoms with E-state index < -0.39 is 0 Å². The van der Waals surface area contributed by atoms with Gasteiger partial charge in [0.05, 0.1) is 27.7 Å². The number of halogens is 3. The van der Waals surface area contributed by atoms with Crippen LogP contribution in [0, 0.1) is 0 Å². The summed E-state index contributed by atoms with van der Waals surface area (Å²) in [5, 5.41) is 8.87. The van der Waals surface area contributed by atoms with Crippen molar-refractivity contribution in [2.24, 2.45) is 10.2 Å². The standard InChI is InChI=1S/C16H15Cl2N5O.ClH/c1-12(10-19-21-13-5-6-14(17)15(18)9-13)20-22-16(24)11-23-7-3-2-4-8-23;/h2-10H,11H2,1H3,(H-,19,20,21,22,24);1H. The van der Waals surface area contributed by atoms with Gasteiger partial charge in [0.1, 0.15) is 0 Å². The fraction of sp³-hybridized carbons (Fsp3) is 0.125. The van der Waals surface area contributed by atoms with Crippen LogP contribution in [0.5, 0.6) is 0 Å². The largest absolute Gasteiger partial charge is 1.00 e. The van der Waals surface area contributed by atoms with E-state index in [4.69, 9.17) is 23.2 Å². The Labute approximate surface area is 161 Å². The van der Waals surface area contributed by atoms with Crippen LogP contribution in [0.3, 0.4) is 0 Å². The number of hydrogen-bond acceptors (Lipinski definition) is 4. The molecular weight excluding hydrogens is 385 g/mol. The molecule has 1 heterocycles. The Morgan fingerprint density at radius 3 is 2.60 bits per heavy atom. The molecule has 0 aliphatic carbocycles. The summed E-state index contributed by atoms with van der Waals surface area (Å²) in [7, 11) is 0. The summed E-state index contributed by atoms with van der Waals surface area (Å²) >= 11 is 11.7. The van der Waals surface area contributed by atoms with E-state index in [1.165, 1.54) is 6.21 Å². The van der Waals surface area contributed by atoms with Gasteiger partial charge in [0.15, 0.2) is 12.4 Å². The zero-order valence-electron chi connectivity index (χ0n) is 13.3. The van der Waals surface area contributed by atoms with Crippen molar-refractivity contribution in [1.82, 2.24) is 5.43 Å². The number of rotatable bonds is 6. The van der Waals surface area contributed by atoms with E-state index in [1.807, 2.05) is 18.2 Å². The number of nitrogens with zero attached hydrogens (tertiary/aromatic N) is 3. The highest BCUT2D eigenvalue weighted by Crippen LogP contribution is 2.24. The fourth-order valence-corrected chi connectivity index (χ4v) is 1.98. The van der Waals surface area contributed by atoms with Crippen LogP contribution in [0.25, 0.3) is 0 Å². The lowest BCUT2D eigenvalue weighted by Crippen LogP contribution is -3.00. The van der Waals surface area contributed by atoms with Gasteiger partial charge in [0.2, 0.25) is 6.54 Å². The summed E-state index contributed by atoms with van der Waals surface area (Å²) in [4.78, 5) is 11.8. The highest BCUT2D eigenvalue weighted by Gasteiger charge is 2.06. The van der Waals surface area contributed by atoms with Crippen molar-refractivity contribution >= 4 is 46.7 Å². The number of carbonyl (C=O) groups is 1. The molecule has 0 bridgehead atoms. The number of anilines is 1. The molecule has 6 nitrogen and oxygen atoms in total. The number of aromatic nitrogens is 1. The molecule has 0 aliphatic heterocycles. The Morgan fingerprint density at radius 2 is 1.92 bits per heavy atom. The van der Waals surface area contributed by atoms with Crippen LogP contribution in [-0.2, 0) is 11.3 Å². The number of hydrazone groups is 2. The van der Waals surface area contributed by atoms with Gasteiger partial charge in [-0.1, -0.05) is 29.3 Å². The minimum absolute atomic E-state index is 0. The zero-order chi connectivity index (χ0) is 17.4. The lowest BCUT2D eigenvalue weighted by atomic mass is 10.3. The smallest absolute Gasteiger partial charge is 0.305 e. The molecule has 0 radical (unpaired) electrons. The number of hydrogen-bond donors (Lipinski definition) is 2. The number of carbonyl (C=O) groups excluding carboxylic acids is 1. The number of nitrogens with one attached hydrogen (secondary N) is 2. The molecular formula is C16H16Cl3N5O. The molecule has 0 aliphatic rings. The third-order valence-electron chi connectivity index (χ3n) is 2.83. The summed E-state index contributed by atoms with van der Waals surface area (Å²) in [6.45, 7) is 1.91. The van der Waals surface area contributed by atoms with Crippen molar-refractivity contribution in [3.8, 4) is 0 Å². The van der Waals surface area contributed by atoms with Gasteiger partial charge in [-0.25, -0.2) is 5.43 Å². The maximum Gasteiger partial charge on any atom is 0.305 e. The highest BCUT2D eigenvalue weighted by atomic mass is 35.5. The SMILES string of the molecule is CC(/C=N\Nc1ccc(Cl)c(Cl)c1)=N/NC(=O)C[n+]1ccccc1.[Cl-]. The molecule has 0 saturated heterocycles. The summed E-state index contributed by atoms with van der Waals surface area (Å²) in [6.07, 6.45) is 5.09. The van der Waals surface area contributed by atoms with E-state index in [-0.39, 0.29) is 24.9 Å². The van der Waals surface area contributed by atoms with Crippen LogP contribution in [-0.4, -0.2) is 17.8 Å². The van der Waals surface area contributed by atoms with Gasteiger partial charge in [-0.15, -0.1) is 0 Å². The van der Waals surface area contributed by atoms with E-state index in [0.717, 1.165) is 0 Å². The van der Waals surface area contributed by atoms with Gasteiger partial charge in [0.25, 0.3) is 0 Å². The molecule has 0 unspecified atom stereocenters. The van der Waals surface area contributed by atoms with Crippen molar-refractivity contribution in [3.05, 3.63) is 58.8 Å². The van der Waals surface area contributed by atoms with Gasteiger partial charge in [-0.2, -0.15) is 14.8 Å². The fourth-order valence-electron chi connectivity index (χ4n) is 1.69. The minimum atomic E-state index is -0.226. The van der Waals surface area contributed by atoms with Crippen LogP contribution in [0.1, 0.15) is 6.92 Å². The molecule has 1 amide bonds. The molecule has 9 heteroatoms. The first-order chi connectivity index (χ1) is 11.5. The maximum absolute atomic E-state index is 11.8. The second-order valence-corrected chi connectivity index (χ2v) is 5.65. The Hall–Kier alpha value is -2.15. The average molecular weight is 401 g/mol. The van der Waals surface area contributed by atoms with Crippen LogP contribution in [0.4, 0.5) is 5.69 Å². The first kappa shape index (κ1) is 20.9. The second-order valence-electron chi connectivity index (χ2n) is 4.83. The molecule has 0 spiro atoms. The van der Waals surface area contributed by atoms with Crippen LogP contribution >= 0.6 is 23.2 Å². The van der Waals surface area contributed by atoms with Gasteiger partial charge < -0.3 is 12.4 Å². The molecule has 0 fully saturated rings. The molecule has 2 rings (SSSR count). The molecule has 25 heavy (non-hydrogen) atoms. The van der Waals surface area contributed by atoms with Crippen molar-refractivity contribution in [2.75, 3.05) is 5.43 Å². The lowest BCUT2D eigenvalue weighted by Gasteiger charge is -2.01. The van der Waals surface area contributed by atoms with Gasteiger partial charge in [-0.3, -0.25) is 10.2 Å². The predicted octanol–water partition coefficient (Wildman–Crippen LogP) is -0.125. The average Bonchev–Trinajstić information content (AvgIpc) is 2.57. The van der Waals surface area contributed by atoms with Gasteiger partial charge >= 0.3 is 5.91 Å². The Morgan fingerprint density at radius 1 is 1.20 bits per heavy atom. The highest BCUT2D eigenvalue weighted by molar-refractivity contribution is 6.42. The monoisotopic (exact) mass is 399 g/mol. The first-order valence-electron chi connectivity index (χ1n) is 7.06. The molecule has 2 aromatic rings. The minimum Gasteiger partial charge on any atom is -1.00 e. The summed E-state index contributed by atoms with van der Waals surface area (Å²) in [5.74, 6) is -0.226.